The van der Waals surface area contributed by atoms with Crippen LogP contribution in [0, 0.1) is 6.92 Å². The number of aromatic nitrogens is 1. The Bertz CT molecular complexity index is 791. The molecule has 1 aromatic carbocycles. The number of pyridine rings is 1. The van der Waals surface area contributed by atoms with Gasteiger partial charge in [0.1, 0.15) is 5.82 Å². The van der Waals surface area contributed by atoms with Gasteiger partial charge in [-0.3, -0.25) is 4.79 Å². The fourth-order valence-electron chi connectivity index (χ4n) is 2.36. The number of anilines is 1. The van der Waals surface area contributed by atoms with Crippen LogP contribution in [0.3, 0.4) is 0 Å². The van der Waals surface area contributed by atoms with Crippen LogP contribution < -0.4 is 5.32 Å². The molecule has 0 spiro atoms. The minimum absolute atomic E-state index is 0.290. The Hall–Kier alpha value is -2.40. The van der Waals surface area contributed by atoms with E-state index in [0.717, 1.165) is 11.3 Å². The van der Waals surface area contributed by atoms with E-state index in [-0.39, 0.29) is 5.91 Å². The second-order valence-corrected chi connectivity index (χ2v) is 6.04. The Balaban J connectivity index is 1.74. The van der Waals surface area contributed by atoms with Gasteiger partial charge in [-0.2, -0.15) is 0 Å². The summed E-state index contributed by atoms with van der Waals surface area (Å²) in [6.45, 7) is 3.56. The molecule has 0 saturated heterocycles. The molecule has 5 nitrogen and oxygen atoms in total. The van der Waals surface area contributed by atoms with Crippen LogP contribution in [0.4, 0.5) is 5.82 Å². The maximum absolute atomic E-state index is 12.5. The van der Waals surface area contributed by atoms with Crippen molar-refractivity contribution < 1.29 is 9.63 Å². The first-order valence-corrected chi connectivity index (χ1v) is 7.61. The van der Waals surface area contributed by atoms with Crippen molar-refractivity contribution in [3.63, 3.8) is 0 Å². The van der Waals surface area contributed by atoms with Crippen LogP contribution in [0.1, 0.15) is 24.6 Å². The van der Waals surface area contributed by atoms with Gasteiger partial charge in [-0.15, -0.1) is 0 Å². The van der Waals surface area contributed by atoms with Crippen molar-refractivity contribution >= 4 is 29.0 Å². The molecular formula is C17H16ClN3O2. The number of rotatable bonds is 3. The van der Waals surface area contributed by atoms with Crippen molar-refractivity contribution in [2.24, 2.45) is 5.16 Å². The summed E-state index contributed by atoms with van der Waals surface area (Å²) in [6.07, 6.45) is 0.342. The van der Waals surface area contributed by atoms with E-state index in [1.807, 2.05) is 37.3 Å². The minimum atomic E-state index is -1.08. The van der Waals surface area contributed by atoms with E-state index in [0.29, 0.717) is 23.0 Å². The van der Waals surface area contributed by atoms with Crippen LogP contribution in [-0.2, 0) is 9.63 Å². The highest BCUT2D eigenvalue weighted by molar-refractivity contribution is 6.34. The molecule has 23 heavy (non-hydrogen) atoms. The lowest BCUT2D eigenvalue weighted by molar-refractivity contribution is -0.135. The third-order valence-corrected chi connectivity index (χ3v) is 3.99. The second-order valence-electron chi connectivity index (χ2n) is 5.64. The Morgan fingerprint density at radius 1 is 1.26 bits per heavy atom. The van der Waals surface area contributed by atoms with Crippen molar-refractivity contribution in [3.05, 3.63) is 58.7 Å². The molecule has 0 fully saturated rings. The molecule has 1 N–H and O–H groups in total. The Kier molecular flexibility index (Phi) is 4.05. The number of carbonyl (C=O) groups excluding carboxylic acids is 1. The monoisotopic (exact) mass is 329 g/mol. The standard InChI is InChI=1S/C17H16ClN3O2/c1-11-6-5-9-15(19-11)20-16(22)17(2)10-14(21-23-17)12-7-3-4-8-13(12)18/h3-9H,10H2,1-2H3,(H,19,20,22)/t17-/m1/s1. The van der Waals surface area contributed by atoms with Gasteiger partial charge in [0.2, 0.25) is 5.60 Å². The van der Waals surface area contributed by atoms with E-state index in [1.165, 1.54) is 0 Å². The average molecular weight is 330 g/mol. The predicted molar refractivity (Wildman–Crippen MR) is 89.7 cm³/mol. The molecule has 2 heterocycles. The first kappa shape index (κ1) is 15.5. The molecule has 0 aliphatic carbocycles. The zero-order valence-corrected chi connectivity index (χ0v) is 13.6. The first-order valence-electron chi connectivity index (χ1n) is 7.23. The number of aryl methyl sites for hydroxylation is 1. The van der Waals surface area contributed by atoms with Gasteiger partial charge in [0.25, 0.3) is 5.91 Å². The summed E-state index contributed by atoms with van der Waals surface area (Å²) in [5.41, 5.74) is 1.18. The number of hydrogen-bond donors (Lipinski definition) is 1. The quantitative estimate of drug-likeness (QED) is 0.936. The van der Waals surface area contributed by atoms with Crippen molar-refractivity contribution in [2.75, 3.05) is 5.32 Å². The van der Waals surface area contributed by atoms with Gasteiger partial charge in [-0.05, 0) is 32.0 Å². The van der Waals surface area contributed by atoms with Crippen LogP contribution in [0.5, 0.6) is 0 Å². The van der Waals surface area contributed by atoms with Crippen molar-refractivity contribution in [2.45, 2.75) is 25.9 Å². The van der Waals surface area contributed by atoms with Crippen LogP contribution in [-0.4, -0.2) is 22.2 Å². The lowest BCUT2D eigenvalue weighted by Crippen LogP contribution is -2.40. The number of nitrogens with zero attached hydrogens (tertiary/aromatic N) is 2. The molecular weight excluding hydrogens is 314 g/mol. The van der Waals surface area contributed by atoms with Gasteiger partial charge in [-0.1, -0.05) is 41.0 Å². The zero-order valence-electron chi connectivity index (χ0n) is 12.8. The summed E-state index contributed by atoms with van der Waals surface area (Å²) in [6, 6.07) is 12.8. The minimum Gasteiger partial charge on any atom is -0.379 e. The molecule has 0 radical (unpaired) electrons. The van der Waals surface area contributed by atoms with E-state index in [1.54, 1.807) is 19.1 Å². The first-order chi connectivity index (χ1) is 11.0. The van der Waals surface area contributed by atoms with Crippen LogP contribution in [0.25, 0.3) is 0 Å². The highest BCUT2D eigenvalue weighted by Gasteiger charge is 2.42. The number of oxime groups is 1. The summed E-state index contributed by atoms with van der Waals surface area (Å²) in [7, 11) is 0. The summed E-state index contributed by atoms with van der Waals surface area (Å²) >= 11 is 6.18. The smallest absolute Gasteiger partial charge is 0.272 e. The third-order valence-electron chi connectivity index (χ3n) is 3.66. The Morgan fingerprint density at radius 2 is 2.04 bits per heavy atom. The second kappa shape index (κ2) is 6.01. The van der Waals surface area contributed by atoms with Crippen LogP contribution >= 0.6 is 11.6 Å². The summed E-state index contributed by atoms with van der Waals surface area (Å²) in [4.78, 5) is 22.2. The van der Waals surface area contributed by atoms with Gasteiger partial charge in [0.15, 0.2) is 0 Å². The van der Waals surface area contributed by atoms with Gasteiger partial charge in [0, 0.05) is 22.7 Å². The normalized spacial score (nSPS) is 19.9. The number of nitrogens with one attached hydrogen (secondary N) is 1. The Morgan fingerprint density at radius 3 is 2.78 bits per heavy atom. The molecule has 3 rings (SSSR count). The lowest BCUT2D eigenvalue weighted by Gasteiger charge is -2.20. The Labute approximate surface area is 139 Å². The van der Waals surface area contributed by atoms with Crippen molar-refractivity contribution in [1.29, 1.82) is 0 Å². The maximum Gasteiger partial charge on any atom is 0.272 e. The number of benzene rings is 1. The summed E-state index contributed by atoms with van der Waals surface area (Å²) in [5, 5.41) is 7.40. The number of carbonyl (C=O) groups is 1. The van der Waals surface area contributed by atoms with Crippen molar-refractivity contribution in [3.8, 4) is 0 Å². The number of amides is 1. The molecule has 1 aromatic heterocycles. The molecule has 0 bridgehead atoms. The number of hydrogen-bond acceptors (Lipinski definition) is 4. The molecule has 1 aliphatic rings. The van der Waals surface area contributed by atoms with Gasteiger partial charge in [0.05, 0.1) is 5.71 Å². The molecule has 1 atom stereocenters. The van der Waals surface area contributed by atoms with Crippen LogP contribution in [0.15, 0.2) is 47.6 Å². The molecule has 118 valence electrons. The zero-order chi connectivity index (χ0) is 16.4. The van der Waals surface area contributed by atoms with Crippen molar-refractivity contribution in [1.82, 2.24) is 4.98 Å². The third kappa shape index (κ3) is 3.19. The largest absolute Gasteiger partial charge is 0.379 e. The SMILES string of the molecule is Cc1cccc(NC(=O)[C@@]2(C)CC(c3ccccc3Cl)=NO2)n1. The van der Waals surface area contributed by atoms with E-state index in [9.17, 15) is 4.79 Å². The highest BCUT2D eigenvalue weighted by Crippen LogP contribution is 2.30. The fraction of sp³-hybridized carbons (Fsp3) is 0.235. The topological polar surface area (TPSA) is 63.6 Å². The molecule has 2 aromatic rings. The maximum atomic E-state index is 12.5. The molecule has 1 aliphatic heterocycles. The summed E-state index contributed by atoms with van der Waals surface area (Å²) < 4.78 is 0. The van der Waals surface area contributed by atoms with E-state index < -0.39 is 5.60 Å². The molecule has 0 saturated carbocycles. The van der Waals surface area contributed by atoms with Crippen LogP contribution in [0.2, 0.25) is 5.02 Å². The molecule has 0 unspecified atom stereocenters. The van der Waals surface area contributed by atoms with Gasteiger partial charge >= 0.3 is 0 Å². The van der Waals surface area contributed by atoms with E-state index in [4.69, 9.17) is 16.4 Å². The van der Waals surface area contributed by atoms with Gasteiger partial charge in [-0.25, -0.2) is 4.98 Å². The molecule has 6 heteroatoms. The lowest BCUT2D eigenvalue weighted by atomic mass is 9.95. The highest BCUT2D eigenvalue weighted by atomic mass is 35.5. The fourth-order valence-corrected chi connectivity index (χ4v) is 2.61. The number of halogens is 1. The summed E-state index contributed by atoms with van der Waals surface area (Å²) in [5.74, 6) is 0.201. The average Bonchev–Trinajstić information content (AvgIpc) is 2.91. The van der Waals surface area contributed by atoms with Gasteiger partial charge < -0.3 is 10.2 Å². The molecule has 1 amide bonds. The van der Waals surface area contributed by atoms with E-state index in [2.05, 4.69) is 15.5 Å². The van der Waals surface area contributed by atoms with E-state index >= 15 is 0 Å². The predicted octanol–water partition coefficient (Wildman–Crippen LogP) is 3.57.